The van der Waals surface area contributed by atoms with Crippen molar-refractivity contribution in [1.82, 2.24) is 14.4 Å². The predicted octanol–water partition coefficient (Wildman–Crippen LogP) is 0.436. The number of nitrogens with zero attached hydrogens (tertiary/aromatic N) is 3. The highest BCUT2D eigenvalue weighted by molar-refractivity contribution is 5.85. The molecule has 0 aliphatic carbocycles. The van der Waals surface area contributed by atoms with Gasteiger partial charge in [0, 0.05) is 18.6 Å². The van der Waals surface area contributed by atoms with Crippen LogP contribution in [0.5, 0.6) is 5.88 Å². The molecule has 6 heteroatoms. The van der Waals surface area contributed by atoms with Crippen molar-refractivity contribution in [3.63, 3.8) is 0 Å². The van der Waals surface area contributed by atoms with Gasteiger partial charge >= 0.3 is 5.97 Å². The Morgan fingerprint density at radius 2 is 2.43 bits per heavy atom. The van der Waals surface area contributed by atoms with Crippen LogP contribution in [-0.4, -0.2) is 32.6 Å². The maximum Gasteiger partial charge on any atom is 0.356 e. The highest BCUT2D eigenvalue weighted by atomic mass is 16.5. The molecular weight excluding hydrogens is 186 g/mol. The van der Waals surface area contributed by atoms with Gasteiger partial charge in [0.05, 0.1) is 7.11 Å². The fourth-order valence-corrected chi connectivity index (χ4v) is 1.14. The van der Waals surface area contributed by atoms with E-state index in [4.69, 9.17) is 9.84 Å². The zero-order valence-corrected chi connectivity index (χ0v) is 7.34. The third-order valence-corrected chi connectivity index (χ3v) is 1.76. The molecule has 0 radical (unpaired) electrons. The molecule has 0 amide bonds. The van der Waals surface area contributed by atoms with Gasteiger partial charge in [-0.3, -0.25) is 0 Å². The van der Waals surface area contributed by atoms with Crippen LogP contribution in [0.4, 0.5) is 0 Å². The minimum absolute atomic E-state index is 0.0765. The van der Waals surface area contributed by atoms with Crippen molar-refractivity contribution in [2.75, 3.05) is 7.11 Å². The number of carboxylic acid groups (broad SMARTS) is 1. The molecule has 0 saturated carbocycles. The second kappa shape index (κ2) is 2.99. The van der Waals surface area contributed by atoms with Crippen LogP contribution in [0.2, 0.25) is 0 Å². The Bertz CT molecular complexity index is 492. The minimum Gasteiger partial charge on any atom is -0.478 e. The second-order valence-electron chi connectivity index (χ2n) is 2.60. The standard InChI is InChI=1S/C8H7N3O3/c1-14-7-6-9-2-3-11(6)4-5(10-7)8(12)13/h2-4H,1H3,(H,12,13). The van der Waals surface area contributed by atoms with Crippen molar-refractivity contribution in [2.24, 2.45) is 0 Å². The predicted molar refractivity (Wildman–Crippen MR) is 46.5 cm³/mol. The lowest BCUT2D eigenvalue weighted by atomic mass is 10.4. The van der Waals surface area contributed by atoms with E-state index in [1.807, 2.05) is 0 Å². The fraction of sp³-hybridized carbons (Fsp3) is 0.125. The van der Waals surface area contributed by atoms with Gasteiger partial charge in [-0.15, -0.1) is 0 Å². The molecule has 0 spiro atoms. The summed E-state index contributed by atoms with van der Waals surface area (Å²) in [7, 11) is 1.42. The highest BCUT2D eigenvalue weighted by Crippen LogP contribution is 2.15. The van der Waals surface area contributed by atoms with E-state index in [0.717, 1.165) is 0 Å². The SMILES string of the molecule is COc1nc(C(=O)O)cn2ccnc12. The molecule has 2 heterocycles. The van der Waals surface area contributed by atoms with E-state index in [1.165, 1.54) is 13.3 Å². The first-order valence-corrected chi connectivity index (χ1v) is 3.83. The topological polar surface area (TPSA) is 76.7 Å². The van der Waals surface area contributed by atoms with Gasteiger partial charge in [-0.25, -0.2) is 14.8 Å². The molecule has 0 saturated heterocycles. The Labute approximate surface area is 78.8 Å². The molecule has 0 fully saturated rings. The summed E-state index contributed by atoms with van der Waals surface area (Å²) in [6.45, 7) is 0. The number of methoxy groups -OCH3 is 1. The molecule has 2 aromatic rings. The Kier molecular flexibility index (Phi) is 1.81. The largest absolute Gasteiger partial charge is 0.478 e. The van der Waals surface area contributed by atoms with Crippen molar-refractivity contribution in [3.8, 4) is 5.88 Å². The maximum absolute atomic E-state index is 10.7. The molecule has 0 atom stereocenters. The van der Waals surface area contributed by atoms with Gasteiger partial charge in [0.15, 0.2) is 5.69 Å². The van der Waals surface area contributed by atoms with E-state index >= 15 is 0 Å². The highest BCUT2D eigenvalue weighted by Gasteiger charge is 2.11. The molecule has 72 valence electrons. The van der Waals surface area contributed by atoms with E-state index in [9.17, 15) is 4.79 Å². The molecule has 6 nitrogen and oxygen atoms in total. The van der Waals surface area contributed by atoms with Crippen LogP contribution in [0, 0.1) is 0 Å². The lowest BCUT2D eigenvalue weighted by Crippen LogP contribution is -2.05. The number of carbonyl (C=O) groups is 1. The third kappa shape index (κ3) is 1.17. The summed E-state index contributed by atoms with van der Waals surface area (Å²) in [6, 6.07) is 0. The van der Waals surface area contributed by atoms with Gasteiger partial charge in [0.2, 0.25) is 5.65 Å². The number of imidazole rings is 1. The molecule has 0 aliphatic rings. The summed E-state index contributed by atoms with van der Waals surface area (Å²) in [4.78, 5) is 18.4. The Morgan fingerprint density at radius 1 is 1.64 bits per heavy atom. The summed E-state index contributed by atoms with van der Waals surface area (Å²) in [5.74, 6) is -0.895. The first-order chi connectivity index (χ1) is 6.72. The fourth-order valence-electron chi connectivity index (χ4n) is 1.14. The molecule has 0 aliphatic heterocycles. The molecule has 2 aromatic heterocycles. The molecule has 0 aromatic carbocycles. The maximum atomic E-state index is 10.7. The van der Waals surface area contributed by atoms with Crippen LogP contribution in [0.15, 0.2) is 18.6 Å². The first kappa shape index (κ1) is 8.49. The number of carboxylic acids is 1. The molecule has 1 N–H and O–H groups in total. The van der Waals surface area contributed by atoms with Crippen LogP contribution >= 0.6 is 0 Å². The van der Waals surface area contributed by atoms with E-state index in [-0.39, 0.29) is 11.6 Å². The third-order valence-electron chi connectivity index (χ3n) is 1.76. The average Bonchev–Trinajstić information content (AvgIpc) is 2.63. The van der Waals surface area contributed by atoms with Gasteiger partial charge in [-0.2, -0.15) is 0 Å². The van der Waals surface area contributed by atoms with Gasteiger partial charge < -0.3 is 14.2 Å². The van der Waals surface area contributed by atoms with Crippen LogP contribution in [0.3, 0.4) is 0 Å². The molecule has 0 unspecified atom stereocenters. The summed E-state index contributed by atoms with van der Waals surface area (Å²) in [5, 5.41) is 8.75. The number of hydrogen-bond donors (Lipinski definition) is 1. The van der Waals surface area contributed by atoms with E-state index in [2.05, 4.69) is 9.97 Å². The molecule has 0 bridgehead atoms. The van der Waals surface area contributed by atoms with Crippen molar-refractivity contribution >= 4 is 11.6 Å². The lowest BCUT2D eigenvalue weighted by molar-refractivity contribution is 0.0689. The Hall–Kier alpha value is -2.11. The second-order valence-corrected chi connectivity index (χ2v) is 2.60. The number of ether oxygens (including phenoxy) is 1. The number of hydrogen-bond acceptors (Lipinski definition) is 4. The average molecular weight is 193 g/mol. The van der Waals surface area contributed by atoms with Crippen LogP contribution in [0.1, 0.15) is 10.5 Å². The first-order valence-electron chi connectivity index (χ1n) is 3.83. The number of aromatic nitrogens is 3. The van der Waals surface area contributed by atoms with E-state index < -0.39 is 5.97 Å². The minimum atomic E-state index is -1.10. The van der Waals surface area contributed by atoms with Crippen LogP contribution in [-0.2, 0) is 0 Å². The molecule has 2 rings (SSSR count). The number of rotatable bonds is 2. The Morgan fingerprint density at radius 3 is 3.07 bits per heavy atom. The summed E-state index contributed by atoms with van der Waals surface area (Å²) >= 11 is 0. The number of aromatic carboxylic acids is 1. The van der Waals surface area contributed by atoms with Gasteiger partial charge in [0.25, 0.3) is 5.88 Å². The zero-order valence-electron chi connectivity index (χ0n) is 7.34. The quantitative estimate of drug-likeness (QED) is 0.748. The van der Waals surface area contributed by atoms with Crippen LogP contribution < -0.4 is 4.74 Å². The van der Waals surface area contributed by atoms with Crippen molar-refractivity contribution < 1.29 is 14.6 Å². The molecular formula is C8H7N3O3. The van der Waals surface area contributed by atoms with Crippen molar-refractivity contribution in [2.45, 2.75) is 0 Å². The van der Waals surface area contributed by atoms with Gasteiger partial charge in [0.1, 0.15) is 0 Å². The monoisotopic (exact) mass is 193 g/mol. The molecule has 14 heavy (non-hydrogen) atoms. The van der Waals surface area contributed by atoms with Crippen molar-refractivity contribution in [3.05, 3.63) is 24.3 Å². The van der Waals surface area contributed by atoms with Crippen molar-refractivity contribution in [1.29, 1.82) is 0 Å². The number of fused-ring (bicyclic) bond motifs is 1. The van der Waals surface area contributed by atoms with Crippen LogP contribution in [0.25, 0.3) is 5.65 Å². The summed E-state index contributed by atoms with van der Waals surface area (Å²) in [6.07, 6.45) is 4.56. The van der Waals surface area contributed by atoms with E-state index in [0.29, 0.717) is 5.65 Å². The zero-order chi connectivity index (χ0) is 10.1. The normalized spacial score (nSPS) is 10.4. The van der Waals surface area contributed by atoms with E-state index in [1.54, 1.807) is 16.8 Å². The Balaban J connectivity index is 2.73. The summed E-state index contributed by atoms with van der Waals surface area (Å²) in [5.41, 5.74) is 0.421. The summed E-state index contributed by atoms with van der Waals surface area (Å²) < 4.78 is 6.47. The van der Waals surface area contributed by atoms with Gasteiger partial charge in [-0.1, -0.05) is 0 Å². The lowest BCUT2D eigenvalue weighted by Gasteiger charge is -2.02. The smallest absolute Gasteiger partial charge is 0.356 e. The van der Waals surface area contributed by atoms with Gasteiger partial charge in [-0.05, 0) is 0 Å².